The molecule has 17 N–H and O–H groups in total. The van der Waals surface area contributed by atoms with Crippen LogP contribution in [0.3, 0.4) is 0 Å². The van der Waals surface area contributed by atoms with Gasteiger partial charge >= 0.3 is 0 Å². The van der Waals surface area contributed by atoms with Crippen LogP contribution in [0.15, 0.2) is 0 Å². The third-order valence-electron chi connectivity index (χ3n) is 10.7. The highest BCUT2D eigenvalue weighted by Gasteiger charge is 2.57. The number of rotatable bonds is 14. The lowest BCUT2D eigenvalue weighted by Gasteiger charge is -2.50. The van der Waals surface area contributed by atoms with Gasteiger partial charge in [-0.25, -0.2) is 0 Å². The van der Waals surface area contributed by atoms with Crippen LogP contribution < -0.4 is 5.32 Å². The number of ether oxygens (including phenoxy) is 9. The second-order valence-corrected chi connectivity index (χ2v) is 14.7. The van der Waals surface area contributed by atoms with Crippen molar-refractivity contribution in [2.24, 2.45) is 0 Å². The Labute approximate surface area is 333 Å². The van der Waals surface area contributed by atoms with Crippen molar-refractivity contribution in [2.45, 2.75) is 160 Å². The molecule has 5 fully saturated rings. The Balaban J connectivity index is 1.35. The van der Waals surface area contributed by atoms with E-state index < -0.39 is 192 Å². The van der Waals surface area contributed by atoms with Crippen LogP contribution in [0.5, 0.6) is 0 Å². The molecule has 344 valence electrons. The van der Waals surface area contributed by atoms with Crippen molar-refractivity contribution in [2.75, 3.05) is 33.0 Å². The van der Waals surface area contributed by atoms with E-state index in [-0.39, 0.29) is 0 Å². The molecule has 10 unspecified atom stereocenters. The maximum atomic E-state index is 12.4. The number of carbonyl (C=O) groups is 1. The Kier molecular flexibility index (Phi) is 17.1. The first-order valence-electron chi connectivity index (χ1n) is 18.6. The Morgan fingerprint density at radius 1 is 0.407 bits per heavy atom. The fourth-order valence-electron chi connectivity index (χ4n) is 7.43. The van der Waals surface area contributed by atoms with E-state index in [1.165, 1.54) is 0 Å². The lowest BCUT2D eigenvalue weighted by molar-refractivity contribution is -0.386. The maximum Gasteiger partial charge on any atom is 0.217 e. The van der Waals surface area contributed by atoms with Crippen molar-refractivity contribution >= 4 is 5.91 Å². The van der Waals surface area contributed by atoms with E-state index in [4.69, 9.17) is 42.6 Å². The van der Waals surface area contributed by atoms with Crippen molar-refractivity contribution in [3.8, 4) is 0 Å². The Morgan fingerprint density at radius 2 is 0.780 bits per heavy atom. The molecule has 25 atom stereocenters. The molecule has 59 heavy (non-hydrogen) atoms. The molecule has 1 amide bonds. The fourth-order valence-corrected chi connectivity index (χ4v) is 7.43. The van der Waals surface area contributed by atoms with Crippen molar-refractivity contribution < 1.29 is 129 Å². The third kappa shape index (κ3) is 10.2. The van der Waals surface area contributed by atoms with Crippen LogP contribution in [-0.2, 0) is 47.4 Å². The molecule has 0 bridgehead atoms. The zero-order chi connectivity index (χ0) is 43.6. The van der Waals surface area contributed by atoms with Crippen LogP contribution in [0.2, 0.25) is 0 Å². The average Bonchev–Trinajstić information content (AvgIpc) is 3.21. The highest BCUT2D eigenvalue weighted by atomic mass is 16.8. The van der Waals surface area contributed by atoms with Crippen LogP contribution >= 0.6 is 0 Å². The lowest BCUT2D eigenvalue weighted by atomic mass is 9.94. The first kappa shape index (κ1) is 48.5. The fraction of sp³-hybridized carbons (Fsp3) is 0.969. The van der Waals surface area contributed by atoms with E-state index in [1.54, 1.807) is 0 Å². The predicted octanol–water partition coefficient (Wildman–Crippen LogP) is -11.8. The molecule has 0 spiro atoms. The molecular formula is C32H55NO26. The average molecular weight is 870 g/mol. The third-order valence-corrected chi connectivity index (χ3v) is 10.7. The summed E-state index contributed by atoms with van der Waals surface area (Å²) in [5, 5.41) is 169. The minimum atomic E-state index is -2.09. The summed E-state index contributed by atoms with van der Waals surface area (Å²) in [6.07, 6.45) is -44.3. The number of amides is 1. The lowest BCUT2D eigenvalue weighted by Crippen LogP contribution is -2.70. The van der Waals surface area contributed by atoms with E-state index in [1.807, 2.05) is 0 Å². The zero-order valence-corrected chi connectivity index (χ0v) is 31.2. The van der Waals surface area contributed by atoms with Gasteiger partial charge in [0.2, 0.25) is 5.91 Å². The van der Waals surface area contributed by atoms with Crippen molar-refractivity contribution in [1.29, 1.82) is 0 Å². The molecule has 5 saturated heterocycles. The number of hydrogen-bond donors (Lipinski definition) is 17. The smallest absolute Gasteiger partial charge is 0.217 e. The first-order chi connectivity index (χ1) is 27.9. The van der Waals surface area contributed by atoms with Crippen LogP contribution in [0.1, 0.15) is 6.92 Å². The van der Waals surface area contributed by atoms with E-state index in [0.29, 0.717) is 0 Å². The molecule has 0 aromatic rings. The van der Waals surface area contributed by atoms with Crippen LogP contribution in [-0.4, -0.2) is 274 Å². The highest BCUT2D eigenvalue weighted by Crippen LogP contribution is 2.35. The van der Waals surface area contributed by atoms with Crippen molar-refractivity contribution in [1.82, 2.24) is 5.32 Å². The molecule has 5 aliphatic rings. The minimum Gasteiger partial charge on any atom is -0.394 e. The summed E-state index contributed by atoms with van der Waals surface area (Å²) in [6.45, 7) is -3.57. The summed E-state index contributed by atoms with van der Waals surface area (Å²) in [4.78, 5) is 12.4. The van der Waals surface area contributed by atoms with Gasteiger partial charge in [0.25, 0.3) is 0 Å². The summed E-state index contributed by atoms with van der Waals surface area (Å²) in [7, 11) is 0. The second-order valence-electron chi connectivity index (χ2n) is 14.7. The standard InChI is InChI=1S/C32H55NO26/c1-7(39)33-13-17(43)24(56-31-23(49)27(16(42)10(4-36)53-31)59-30-21(47)18(44)14(40)8(2-34)52-30)12(6-38)55-29(13)58-26-15(41)9(3-35)54-32(22(26)48)57-25-11(5-37)51-28(50)20(46)19(25)45/h8-32,34-38,40-50H,2-6H2,1H3,(H,33,39)/t8-,9?,10-,11-,12?,13-,14-,15-,16-,17?,18?,19?,20?,21?,22-,23?,24+,25+,26?,27?,28+,29-,30+,31-,32-/m0/s1. The van der Waals surface area contributed by atoms with Gasteiger partial charge in [0.1, 0.15) is 122 Å². The Hall–Kier alpha value is -1.53. The molecule has 27 heteroatoms. The number of nitrogens with one attached hydrogen (secondary N) is 1. The topological polar surface area (TPSA) is 436 Å². The van der Waals surface area contributed by atoms with E-state index in [2.05, 4.69) is 5.32 Å². The molecule has 0 aromatic heterocycles. The highest BCUT2D eigenvalue weighted by molar-refractivity contribution is 5.73. The van der Waals surface area contributed by atoms with Gasteiger partial charge in [0, 0.05) is 6.92 Å². The molecule has 0 aromatic carbocycles. The maximum absolute atomic E-state index is 12.4. The summed E-state index contributed by atoms with van der Waals surface area (Å²) in [5.74, 6) is -0.817. The molecular weight excluding hydrogens is 814 g/mol. The van der Waals surface area contributed by atoms with Gasteiger partial charge in [-0.3, -0.25) is 4.79 Å². The summed E-state index contributed by atoms with van der Waals surface area (Å²) in [5.41, 5.74) is 0. The predicted molar refractivity (Wildman–Crippen MR) is 178 cm³/mol. The second kappa shape index (κ2) is 20.8. The van der Waals surface area contributed by atoms with E-state index in [0.717, 1.165) is 6.92 Å². The normalized spacial score (nSPS) is 51.0. The van der Waals surface area contributed by atoms with Crippen LogP contribution in [0.25, 0.3) is 0 Å². The molecule has 0 saturated carbocycles. The van der Waals surface area contributed by atoms with Gasteiger partial charge in [-0.05, 0) is 0 Å². The van der Waals surface area contributed by atoms with Crippen molar-refractivity contribution in [3.63, 3.8) is 0 Å². The van der Waals surface area contributed by atoms with Gasteiger partial charge < -0.3 is 130 Å². The SMILES string of the molecule is CC(=O)N[C@H]1C(O)[C@H](O[C@@H]2O[C@@H](CO)[C@H](O)C(O[C@H]3O[C@@H](CO)[C@H](O)C(O)C3O)C2O)C(CO)O[C@H]1OC1[C@@H](O)C(CO)O[C@@H](O[C@H]2C(O)C(O)[C@H](O)O[C@H]2CO)[C@H]1O. The van der Waals surface area contributed by atoms with Gasteiger partial charge in [-0.2, -0.15) is 0 Å². The van der Waals surface area contributed by atoms with Crippen LogP contribution in [0, 0.1) is 0 Å². The number of hydrogen-bond acceptors (Lipinski definition) is 26. The van der Waals surface area contributed by atoms with Gasteiger partial charge in [0.15, 0.2) is 31.5 Å². The Bertz CT molecular complexity index is 1320. The zero-order valence-electron chi connectivity index (χ0n) is 31.2. The number of aliphatic hydroxyl groups excluding tert-OH is 16. The van der Waals surface area contributed by atoms with Gasteiger partial charge in [0.05, 0.1) is 33.0 Å². The molecule has 5 aliphatic heterocycles. The van der Waals surface area contributed by atoms with E-state index in [9.17, 15) is 86.5 Å². The van der Waals surface area contributed by atoms with Gasteiger partial charge in [-0.1, -0.05) is 0 Å². The van der Waals surface area contributed by atoms with E-state index >= 15 is 0 Å². The number of aliphatic hydroxyl groups is 16. The molecule has 27 nitrogen and oxygen atoms in total. The van der Waals surface area contributed by atoms with Crippen molar-refractivity contribution in [3.05, 3.63) is 0 Å². The molecule has 5 heterocycles. The largest absolute Gasteiger partial charge is 0.394 e. The Morgan fingerprint density at radius 3 is 1.24 bits per heavy atom. The summed E-state index contributed by atoms with van der Waals surface area (Å²) < 4.78 is 50.0. The summed E-state index contributed by atoms with van der Waals surface area (Å²) in [6, 6.07) is -1.72. The molecule has 0 aliphatic carbocycles. The molecule has 0 radical (unpaired) electrons. The monoisotopic (exact) mass is 869 g/mol. The molecule has 5 rings (SSSR count). The van der Waals surface area contributed by atoms with Gasteiger partial charge in [-0.15, -0.1) is 0 Å². The minimum absolute atomic E-state index is 0.817. The number of carbonyl (C=O) groups excluding carboxylic acids is 1. The first-order valence-corrected chi connectivity index (χ1v) is 18.6. The summed E-state index contributed by atoms with van der Waals surface area (Å²) >= 11 is 0. The van der Waals surface area contributed by atoms with Crippen LogP contribution in [0.4, 0.5) is 0 Å². The quantitative estimate of drug-likeness (QED) is 0.0770.